The third-order valence-electron chi connectivity index (χ3n) is 2.59. The lowest BCUT2D eigenvalue weighted by molar-refractivity contribution is -0.134. The van der Waals surface area contributed by atoms with Crippen LogP contribution in [0.1, 0.15) is 43.5 Å². The van der Waals surface area contributed by atoms with Gasteiger partial charge in [-0.1, -0.05) is 30.3 Å². The summed E-state index contributed by atoms with van der Waals surface area (Å²) in [5.41, 5.74) is -0.626. The summed E-state index contributed by atoms with van der Waals surface area (Å²) < 4.78 is 0. The highest BCUT2D eigenvalue weighted by Crippen LogP contribution is 2.11. The fraction of sp³-hybridized carbons (Fsp3) is 0.429. The largest absolute Gasteiger partial charge is 0.383 e. The maximum atomic E-state index is 11.7. The van der Waals surface area contributed by atoms with Crippen molar-refractivity contribution in [2.75, 3.05) is 0 Å². The predicted octanol–water partition coefficient (Wildman–Crippen LogP) is 2.38. The first kappa shape index (κ1) is 13.6. The van der Waals surface area contributed by atoms with Crippen molar-refractivity contribution in [3.05, 3.63) is 35.9 Å². The molecule has 1 rings (SSSR count). The van der Waals surface area contributed by atoms with E-state index in [2.05, 4.69) is 0 Å². The predicted molar refractivity (Wildman–Crippen MR) is 65.9 cm³/mol. The first-order valence-corrected chi connectivity index (χ1v) is 5.75. The highest BCUT2D eigenvalue weighted by Gasteiger charge is 2.22. The molecule has 1 N–H and O–H groups in total. The Hall–Kier alpha value is -1.48. The second kappa shape index (κ2) is 5.73. The lowest BCUT2D eigenvalue weighted by atomic mass is 9.97. The summed E-state index contributed by atoms with van der Waals surface area (Å²) in [7, 11) is 0. The first-order valence-electron chi connectivity index (χ1n) is 5.75. The molecular weight excluding hydrogens is 216 g/mol. The van der Waals surface area contributed by atoms with Gasteiger partial charge >= 0.3 is 0 Å². The molecule has 0 aromatic heterocycles. The van der Waals surface area contributed by atoms with Gasteiger partial charge in [-0.3, -0.25) is 9.59 Å². The molecule has 1 aromatic carbocycles. The van der Waals surface area contributed by atoms with Crippen molar-refractivity contribution < 1.29 is 14.7 Å². The van der Waals surface area contributed by atoms with Gasteiger partial charge in [0.15, 0.2) is 11.6 Å². The molecule has 3 heteroatoms. The molecule has 0 saturated heterocycles. The van der Waals surface area contributed by atoms with Crippen molar-refractivity contribution in [3.63, 3.8) is 0 Å². The van der Waals surface area contributed by atoms with Crippen molar-refractivity contribution in [2.24, 2.45) is 0 Å². The number of hydrogen-bond acceptors (Lipinski definition) is 3. The van der Waals surface area contributed by atoms with E-state index >= 15 is 0 Å². The van der Waals surface area contributed by atoms with Crippen LogP contribution in [0.5, 0.6) is 0 Å². The Morgan fingerprint density at radius 3 is 2.24 bits per heavy atom. The van der Waals surface area contributed by atoms with Crippen molar-refractivity contribution in [1.29, 1.82) is 0 Å². The average Bonchev–Trinajstić information content (AvgIpc) is 2.28. The maximum Gasteiger partial charge on any atom is 0.163 e. The molecular formula is C14H18O3. The van der Waals surface area contributed by atoms with Gasteiger partial charge in [0.25, 0.3) is 0 Å². The highest BCUT2D eigenvalue weighted by molar-refractivity contribution is 5.96. The number of ketones is 2. The summed E-state index contributed by atoms with van der Waals surface area (Å²) in [6, 6.07) is 9.01. The van der Waals surface area contributed by atoms with Crippen LogP contribution in [0.25, 0.3) is 0 Å². The van der Waals surface area contributed by atoms with Crippen LogP contribution in [0.15, 0.2) is 30.3 Å². The van der Waals surface area contributed by atoms with E-state index in [0.29, 0.717) is 18.4 Å². The van der Waals surface area contributed by atoms with E-state index in [1.807, 2.05) is 18.2 Å². The minimum Gasteiger partial charge on any atom is -0.383 e. The van der Waals surface area contributed by atoms with Gasteiger partial charge in [0.1, 0.15) is 5.60 Å². The zero-order valence-corrected chi connectivity index (χ0v) is 10.3. The Morgan fingerprint density at radius 2 is 1.71 bits per heavy atom. The summed E-state index contributed by atoms with van der Waals surface area (Å²) >= 11 is 0. The molecule has 0 unspecified atom stereocenters. The Morgan fingerprint density at radius 1 is 1.12 bits per heavy atom. The van der Waals surface area contributed by atoms with Crippen LogP contribution in [0.4, 0.5) is 0 Å². The molecule has 0 atom stereocenters. The van der Waals surface area contributed by atoms with Gasteiger partial charge in [-0.15, -0.1) is 0 Å². The third kappa shape index (κ3) is 4.49. The number of hydrogen-bond donors (Lipinski definition) is 1. The van der Waals surface area contributed by atoms with Crippen LogP contribution in [0.2, 0.25) is 0 Å². The van der Waals surface area contributed by atoms with E-state index in [4.69, 9.17) is 0 Å². The van der Waals surface area contributed by atoms with Gasteiger partial charge in [-0.2, -0.15) is 0 Å². The number of Topliss-reactive ketones (excluding diaryl/α,β-unsaturated/α-hetero) is 2. The van der Waals surface area contributed by atoms with Crippen LogP contribution in [0.3, 0.4) is 0 Å². The maximum absolute atomic E-state index is 11.7. The number of rotatable bonds is 6. The molecule has 0 amide bonds. The van der Waals surface area contributed by atoms with Crippen LogP contribution >= 0.6 is 0 Å². The summed E-state index contributed by atoms with van der Waals surface area (Å²) in [5, 5.41) is 9.43. The minimum absolute atomic E-state index is 0.0362. The number of aliphatic hydroxyl groups is 1. The van der Waals surface area contributed by atoms with E-state index in [1.165, 1.54) is 13.8 Å². The first-order chi connectivity index (χ1) is 7.91. The Balaban J connectivity index is 2.38. The topological polar surface area (TPSA) is 54.4 Å². The fourth-order valence-electron chi connectivity index (χ4n) is 1.48. The molecule has 0 saturated carbocycles. The van der Waals surface area contributed by atoms with Gasteiger partial charge in [0, 0.05) is 18.4 Å². The molecule has 3 nitrogen and oxygen atoms in total. The third-order valence-corrected chi connectivity index (χ3v) is 2.59. The molecule has 0 aliphatic rings. The van der Waals surface area contributed by atoms with Crippen molar-refractivity contribution in [3.8, 4) is 0 Å². The van der Waals surface area contributed by atoms with E-state index < -0.39 is 5.60 Å². The molecule has 1 aromatic rings. The van der Waals surface area contributed by atoms with Gasteiger partial charge < -0.3 is 5.11 Å². The summed E-state index contributed by atoms with van der Waals surface area (Å²) in [6.45, 7) is 2.93. The van der Waals surface area contributed by atoms with Gasteiger partial charge in [0.2, 0.25) is 0 Å². The number of carbonyl (C=O) groups excluding carboxylic acids is 2. The van der Waals surface area contributed by atoms with E-state index in [0.717, 1.165) is 0 Å². The molecule has 0 fully saturated rings. The summed E-state index contributed by atoms with van der Waals surface area (Å²) in [4.78, 5) is 23.1. The smallest absolute Gasteiger partial charge is 0.163 e. The summed E-state index contributed by atoms with van der Waals surface area (Å²) in [6.07, 6.45) is 1.06. The van der Waals surface area contributed by atoms with Gasteiger partial charge in [-0.05, 0) is 20.3 Å². The van der Waals surface area contributed by atoms with E-state index in [1.54, 1.807) is 12.1 Å². The van der Waals surface area contributed by atoms with Gasteiger partial charge in [0.05, 0.1) is 0 Å². The van der Waals surface area contributed by atoms with Crippen LogP contribution < -0.4 is 0 Å². The normalized spacial score (nSPS) is 11.2. The second-order valence-corrected chi connectivity index (χ2v) is 4.62. The highest BCUT2D eigenvalue weighted by atomic mass is 16.3. The van der Waals surface area contributed by atoms with E-state index in [-0.39, 0.29) is 18.0 Å². The number of carbonyl (C=O) groups is 2. The Bertz CT molecular complexity index is 388. The quantitative estimate of drug-likeness (QED) is 0.769. The summed E-state index contributed by atoms with van der Waals surface area (Å²) in [5.74, 6) is -0.187. The second-order valence-electron chi connectivity index (χ2n) is 4.62. The van der Waals surface area contributed by atoms with Crippen LogP contribution in [0, 0.1) is 0 Å². The zero-order valence-electron chi connectivity index (χ0n) is 10.3. The van der Waals surface area contributed by atoms with Crippen LogP contribution in [-0.4, -0.2) is 22.3 Å². The standard InChI is InChI=1S/C14H18O3/c1-14(2,17)13(16)10-6-9-12(15)11-7-4-3-5-8-11/h3-5,7-8,17H,6,9-10H2,1-2H3. The average molecular weight is 234 g/mol. The Labute approximate surface area is 101 Å². The lowest BCUT2D eigenvalue weighted by Crippen LogP contribution is -2.30. The SMILES string of the molecule is CC(C)(O)C(=O)CCCC(=O)c1ccccc1. The molecule has 0 aliphatic carbocycles. The fourth-order valence-corrected chi connectivity index (χ4v) is 1.48. The lowest BCUT2D eigenvalue weighted by Gasteiger charge is -2.14. The zero-order chi connectivity index (χ0) is 12.9. The molecule has 92 valence electrons. The molecule has 0 aliphatic heterocycles. The van der Waals surface area contributed by atoms with Crippen molar-refractivity contribution in [1.82, 2.24) is 0 Å². The van der Waals surface area contributed by atoms with Gasteiger partial charge in [-0.25, -0.2) is 0 Å². The van der Waals surface area contributed by atoms with Crippen molar-refractivity contribution >= 4 is 11.6 Å². The van der Waals surface area contributed by atoms with Crippen LogP contribution in [-0.2, 0) is 4.79 Å². The number of benzene rings is 1. The minimum atomic E-state index is -1.30. The molecule has 0 radical (unpaired) electrons. The molecule has 0 bridgehead atoms. The Kier molecular flexibility index (Phi) is 4.58. The molecule has 17 heavy (non-hydrogen) atoms. The molecule has 0 heterocycles. The van der Waals surface area contributed by atoms with E-state index in [9.17, 15) is 14.7 Å². The molecule has 0 spiro atoms. The monoisotopic (exact) mass is 234 g/mol. The van der Waals surface area contributed by atoms with Crippen molar-refractivity contribution in [2.45, 2.75) is 38.7 Å².